The number of urea groups is 1. The number of carbonyl (C=O) groups is 3. The van der Waals surface area contributed by atoms with Gasteiger partial charge in [0.25, 0.3) is 0 Å². The molecular weight excluding hydrogens is 216 g/mol. The first-order valence-electron chi connectivity index (χ1n) is 4.65. The second-order valence-corrected chi connectivity index (χ2v) is 4.34. The van der Waals surface area contributed by atoms with Gasteiger partial charge in [0.1, 0.15) is 6.04 Å². The molecule has 0 saturated carbocycles. The zero-order valence-corrected chi connectivity index (χ0v) is 9.40. The first kappa shape index (κ1) is 14.2. The first-order chi connectivity index (χ1) is 7.11. The first-order valence-corrected chi connectivity index (χ1v) is 4.65. The van der Waals surface area contributed by atoms with E-state index in [1.807, 2.05) is 0 Å². The average Bonchev–Trinajstić information content (AvgIpc) is 1.97. The monoisotopic (exact) mass is 232 g/mol. The fraction of sp³-hybridized carbons (Fsp3) is 0.667. The third-order valence-electron chi connectivity index (χ3n) is 1.47. The van der Waals surface area contributed by atoms with Gasteiger partial charge in [0.15, 0.2) is 0 Å². The molecule has 92 valence electrons. The molecule has 0 rings (SSSR count). The molecule has 0 aromatic rings. The van der Waals surface area contributed by atoms with Gasteiger partial charge in [-0.05, 0) is 20.8 Å². The number of amides is 2. The maximum absolute atomic E-state index is 11.3. The number of rotatable bonds is 4. The highest BCUT2D eigenvalue weighted by molar-refractivity contribution is 5.86. The van der Waals surface area contributed by atoms with Crippen LogP contribution in [0.4, 0.5) is 4.79 Å². The summed E-state index contributed by atoms with van der Waals surface area (Å²) in [5.41, 5.74) is -0.517. The Morgan fingerprint density at radius 2 is 1.69 bits per heavy atom. The van der Waals surface area contributed by atoms with Gasteiger partial charge < -0.3 is 20.8 Å². The fourth-order valence-electron chi connectivity index (χ4n) is 0.910. The van der Waals surface area contributed by atoms with E-state index in [1.54, 1.807) is 20.8 Å². The fourth-order valence-corrected chi connectivity index (χ4v) is 0.910. The highest BCUT2D eigenvalue weighted by Gasteiger charge is 2.24. The molecule has 4 N–H and O–H groups in total. The highest BCUT2D eigenvalue weighted by Crippen LogP contribution is 1.99. The zero-order chi connectivity index (χ0) is 12.9. The number of aliphatic carboxylic acids is 2. The van der Waals surface area contributed by atoms with Crippen LogP contribution in [0, 0.1) is 0 Å². The molecule has 0 aliphatic heterocycles. The normalized spacial score (nSPS) is 12.7. The van der Waals surface area contributed by atoms with Crippen LogP contribution in [0.5, 0.6) is 0 Å². The molecule has 0 spiro atoms. The summed E-state index contributed by atoms with van der Waals surface area (Å²) in [6.45, 7) is 5.17. The molecule has 0 aliphatic carbocycles. The summed E-state index contributed by atoms with van der Waals surface area (Å²) in [7, 11) is 0. The SMILES string of the molecule is CC(C)(C)NC(=O)NC(CC(=O)O)C(=O)O. The third-order valence-corrected chi connectivity index (χ3v) is 1.47. The molecule has 7 heteroatoms. The number of carboxylic acid groups (broad SMARTS) is 2. The van der Waals surface area contributed by atoms with Crippen molar-refractivity contribution in [1.29, 1.82) is 0 Å². The van der Waals surface area contributed by atoms with Gasteiger partial charge >= 0.3 is 18.0 Å². The predicted octanol–water partition coefficient (Wildman–Crippen LogP) is 0.0120. The molecule has 0 radical (unpaired) electrons. The van der Waals surface area contributed by atoms with E-state index in [0.717, 1.165) is 0 Å². The summed E-state index contributed by atoms with van der Waals surface area (Å²) in [5, 5.41) is 21.7. The average molecular weight is 232 g/mol. The summed E-state index contributed by atoms with van der Waals surface area (Å²) in [5.74, 6) is -2.67. The zero-order valence-electron chi connectivity index (χ0n) is 9.40. The van der Waals surface area contributed by atoms with E-state index in [4.69, 9.17) is 10.2 Å². The summed E-state index contributed by atoms with van der Waals surface area (Å²) in [6.07, 6.45) is -0.660. The second kappa shape index (κ2) is 5.34. The van der Waals surface area contributed by atoms with Crippen molar-refractivity contribution in [3.63, 3.8) is 0 Å². The van der Waals surface area contributed by atoms with Crippen molar-refractivity contribution in [2.75, 3.05) is 0 Å². The molecule has 0 saturated heterocycles. The van der Waals surface area contributed by atoms with Crippen molar-refractivity contribution in [2.45, 2.75) is 38.8 Å². The van der Waals surface area contributed by atoms with Gasteiger partial charge in [-0.1, -0.05) is 0 Å². The van der Waals surface area contributed by atoms with Crippen LogP contribution in [0.25, 0.3) is 0 Å². The Hall–Kier alpha value is -1.79. The number of carboxylic acids is 2. The third kappa shape index (κ3) is 6.63. The van der Waals surface area contributed by atoms with Gasteiger partial charge in [-0.2, -0.15) is 0 Å². The van der Waals surface area contributed by atoms with Crippen molar-refractivity contribution in [3.8, 4) is 0 Å². The molecule has 0 fully saturated rings. The van der Waals surface area contributed by atoms with Crippen LogP contribution in [0.2, 0.25) is 0 Å². The van der Waals surface area contributed by atoms with Crippen molar-refractivity contribution < 1.29 is 24.6 Å². The van der Waals surface area contributed by atoms with E-state index in [0.29, 0.717) is 0 Å². The number of carbonyl (C=O) groups excluding carboxylic acids is 1. The van der Waals surface area contributed by atoms with Gasteiger partial charge in [-0.3, -0.25) is 4.79 Å². The van der Waals surface area contributed by atoms with Crippen LogP contribution in [-0.4, -0.2) is 39.8 Å². The van der Waals surface area contributed by atoms with Crippen molar-refractivity contribution >= 4 is 18.0 Å². The molecule has 2 amide bonds. The molecular formula is C9H16N2O5. The van der Waals surface area contributed by atoms with E-state index in [-0.39, 0.29) is 0 Å². The quantitative estimate of drug-likeness (QED) is 0.545. The van der Waals surface area contributed by atoms with E-state index in [1.165, 1.54) is 0 Å². The number of nitrogens with one attached hydrogen (secondary N) is 2. The molecule has 7 nitrogen and oxygen atoms in total. The lowest BCUT2D eigenvalue weighted by Gasteiger charge is -2.22. The Morgan fingerprint density at radius 1 is 1.19 bits per heavy atom. The molecule has 0 aromatic carbocycles. The standard InChI is InChI=1S/C9H16N2O5/c1-9(2,3)11-8(16)10-5(7(14)15)4-6(12)13/h5H,4H2,1-3H3,(H,12,13)(H,14,15)(H2,10,11,16). The lowest BCUT2D eigenvalue weighted by atomic mass is 10.1. The van der Waals surface area contributed by atoms with Crippen LogP contribution in [0.15, 0.2) is 0 Å². The summed E-state index contributed by atoms with van der Waals surface area (Å²) >= 11 is 0. The van der Waals surface area contributed by atoms with Crippen LogP contribution >= 0.6 is 0 Å². The minimum absolute atomic E-state index is 0.517. The maximum atomic E-state index is 11.3. The number of hydrogen-bond donors (Lipinski definition) is 4. The van der Waals surface area contributed by atoms with Crippen LogP contribution in [0.3, 0.4) is 0 Å². The molecule has 0 aromatic heterocycles. The van der Waals surface area contributed by atoms with E-state index in [2.05, 4.69) is 10.6 Å². The van der Waals surface area contributed by atoms with Gasteiger partial charge in [0.2, 0.25) is 0 Å². The van der Waals surface area contributed by atoms with E-state index >= 15 is 0 Å². The van der Waals surface area contributed by atoms with Gasteiger partial charge in [0, 0.05) is 5.54 Å². The minimum Gasteiger partial charge on any atom is -0.481 e. The molecule has 1 unspecified atom stereocenters. The minimum atomic E-state index is -1.43. The second-order valence-electron chi connectivity index (χ2n) is 4.34. The van der Waals surface area contributed by atoms with Gasteiger partial charge in [0.05, 0.1) is 6.42 Å². The van der Waals surface area contributed by atoms with Crippen LogP contribution in [-0.2, 0) is 9.59 Å². The van der Waals surface area contributed by atoms with Crippen molar-refractivity contribution in [3.05, 3.63) is 0 Å². The van der Waals surface area contributed by atoms with Gasteiger partial charge in [-0.25, -0.2) is 9.59 Å². The lowest BCUT2D eigenvalue weighted by Crippen LogP contribution is -2.52. The van der Waals surface area contributed by atoms with E-state index in [9.17, 15) is 14.4 Å². The predicted molar refractivity (Wildman–Crippen MR) is 55.1 cm³/mol. The summed E-state index contributed by atoms with van der Waals surface area (Å²) in [4.78, 5) is 32.3. The van der Waals surface area contributed by atoms with Crippen molar-refractivity contribution in [2.24, 2.45) is 0 Å². The Labute approximate surface area is 92.8 Å². The van der Waals surface area contributed by atoms with Crippen LogP contribution in [0.1, 0.15) is 27.2 Å². The summed E-state index contributed by atoms with van der Waals surface area (Å²) < 4.78 is 0. The van der Waals surface area contributed by atoms with E-state index < -0.39 is 36.0 Å². The Bertz CT molecular complexity index is 295. The molecule has 16 heavy (non-hydrogen) atoms. The Kier molecular flexibility index (Phi) is 4.74. The molecule has 1 atom stereocenters. The van der Waals surface area contributed by atoms with Crippen molar-refractivity contribution in [1.82, 2.24) is 10.6 Å². The van der Waals surface area contributed by atoms with Gasteiger partial charge in [-0.15, -0.1) is 0 Å². The smallest absolute Gasteiger partial charge is 0.326 e. The lowest BCUT2D eigenvalue weighted by molar-refractivity contribution is -0.145. The number of hydrogen-bond acceptors (Lipinski definition) is 3. The maximum Gasteiger partial charge on any atom is 0.326 e. The Morgan fingerprint density at radius 3 is 2.00 bits per heavy atom. The highest BCUT2D eigenvalue weighted by atomic mass is 16.4. The summed E-state index contributed by atoms with van der Waals surface area (Å²) in [6, 6.07) is -2.14. The van der Waals surface area contributed by atoms with Crippen LogP contribution < -0.4 is 10.6 Å². The Balaban J connectivity index is 4.35. The molecule has 0 aliphatic rings. The topological polar surface area (TPSA) is 116 Å². The largest absolute Gasteiger partial charge is 0.481 e. The molecule has 0 bridgehead atoms. The molecule has 0 heterocycles.